The van der Waals surface area contributed by atoms with Gasteiger partial charge in [0.25, 0.3) is 0 Å². The molecule has 166 valence electrons. The molecule has 0 aliphatic heterocycles. The van der Waals surface area contributed by atoms with Crippen molar-refractivity contribution >= 4 is 11.9 Å². The number of aromatic nitrogens is 2. The highest BCUT2D eigenvalue weighted by Crippen LogP contribution is 2.35. The van der Waals surface area contributed by atoms with Crippen LogP contribution >= 0.6 is 0 Å². The van der Waals surface area contributed by atoms with Crippen molar-refractivity contribution in [2.75, 3.05) is 14.2 Å². The first-order valence-electron chi connectivity index (χ1n) is 10.2. The van der Waals surface area contributed by atoms with E-state index in [4.69, 9.17) is 9.47 Å². The largest absolute Gasteiger partial charge is 0.507 e. The van der Waals surface area contributed by atoms with Gasteiger partial charge in [0.1, 0.15) is 17.0 Å². The van der Waals surface area contributed by atoms with E-state index >= 15 is 0 Å². The Hall–Kier alpha value is -4.39. The molecule has 4 rings (SSSR count). The standard InChI is InChI=1S/C26H22N2O5/c1-32-25(30)22-23(27-28(24(22)26(31)33-2)19-11-7-4-8-12-19)20-16-18(13-14-21(20)29)15-17-9-5-3-6-10-17/h3-14,16,29H,15H2,1-2H3. The number of aromatic hydroxyl groups is 1. The molecule has 4 aromatic rings. The number of phenols is 1. The zero-order valence-electron chi connectivity index (χ0n) is 18.2. The predicted molar refractivity (Wildman–Crippen MR) is 123 cm³/mol. The zero-order valence-corrected chi connectivity index (χ0v) is 18.2. The van der Waals surface area contributed by atoms with Crippen molar-refractivity contribution in [1.82, 2.24) is 9.78 Å². The van der Waals surface area contributed by atoms with Crippen LogP contribution < -0.4 is 0 Å². The first kappa shape index (κ1) is 21.8. The minimum absolute atomic E-state index is 0.0777. The van der Waals surface area contributed by atoms with Crippen LogP contribution in [0.3, 0.4) is 0 Å². The lowest BCUT2D eigenvalue weighted by Crippen LogP contribution is -2.15. The van der Waals surface area contributed by atoms with E-state index in [2.05, 4.69) is 5.10 Å². The molecular weight excluding hydrogens is 420 g/mol. The maximum Gasteiger partial charge on any atom is 0.357 e. The van der Waals surface area contributed by atoms with Gasteiger partial charge in [-0.05, 0) is 41.8 Å². The van der Waals surface area contributed by atoms with Gasteiger partial charge >= 0.3 is 11.9 Å². The summed E-state index contributed by atoms with van der Waals surface area (Å²) in [6, 6.07) is 23.9. The molecule has 7 heteroatoms. The number of esters is 2. The summed E-state index contributed by atoms with van der Waals surface area (Å²) >= 11 is 0. The smallest absolute Gasteiger partial charge is 0.357 e. The van der Waals surface area contributed by atoms with Crippen LogP contribution in [0.15, 0.2) is 78.9 Å². The van der Waals surface area contributed by atoms with Crippen molar-refractivity contribution in [3.05, 3.63) is 101 Å². The van der Waals surface area contributed by atoms with Gasteiger partial charge in [0.2, 0.25) is 0 Å². The lowest BCUT2D eigenvalue weighted by Gasteiger charge is -2.08. The Morgan fingerprint density at radius 2 is 1.48 bits per heavy atom. The quantitative estimate of drug-likeness (QED) is 0.445. The van der Waals surface area contributed by atoms with Crippen LogP contribution in [0.1, 0.15) is 32.0 Å². The van der Waals surface area contributed by atoms with Crippen molar-refractivity contribution in [2.45, 2.75) is 6.42 Å². The topological polar surface area (TPSA) is 90.6 Å². The lowest BCUT2D eigenvalue weighted by molar-refractivity contribution is 0.0549. The first-order valence-corrected chi connectivity index (χ1v) is 10.2. The molecule has 0 saturated heterocycles. The highest BCUT2D eigenvalue weighted by atomic mass is 16.5. The van der Waals surface area contributed by atoms with Crippen molar-refractivity contribution in [1.29, 1.82) is 0 Å². The summed E-state index contributed by atoms with van der Waals surface area (Å²) in [5.41, 5.74) is 2.81. The van der Waals surface area contributed by atoms with E-state index in [1.165, 1.54) is 18.9 Å². The van der Waals surface area contributed by atoms with Crippen molar-refractivity contribution < 1.29 is 24.2 Å². The second kappa shape index (κ2) is 9.40. The Labute approximate surface area is 190 Å². The summed E-state index contributed by atoms with van der Waals surface area (Å²) in [5.74, 6) is -1.59. The van der Waals surface area contributed by atoms with Gasteiger partial charge in [-0.15, -0.1) is 0 Å². The number of methoxy groups -OCH3 is 2. The van der Waals surface area contributed by atoms with Gasteiger partial charge in [0.05, 0.1) is 19.9 Å². The van der Waals surface area contributed by atoms with Crippen LogP contribution in [0, 0.1) is 0 Å². The van der Waals surface area contributed by atoms with Gasteiger partial charge in [-0.25, -0.2) is 14.3 Å². The number of carbonyl (C=O) groups excluding carboxylic acids is 2. The monoisotopic (exact) mass is 442 g/mol. The van der Waals surface area contributed by atoms with Gasteiger partial charge in [-0.3, -0.25) is 0 Å². The van der Waals surface area contributed by atoms with Crippen molar-refractivity contribution in [2.24, 2.45) is 0 Å². The van der Waals surface area contributed by atoms with Gasteiger partial charge in [-0.2, -0.15) is 5.10 Å². The number of nitrogens with zero attached hydrogens (tertiary/aromatic N) is 2. The fourth-order valence-electron chi connectivity index (χ4n) is 3.66. The summed E-state index contributed by atoms with van der Waals surface area (Å²) in [7, 11) is 2.45. The van der Waals surface area contributed by atoms with Crippen LogP contribution in [0.25, 0.3) is 16.9 Å². The van der Waals surface area contributed by atoms with E-state index in [1.807, 2.05) is 36.4 Å². The Balaban J connectivity index is 1.94. The first-order chi connectivity index (χ1) is 16.0. The van der Waals surface area contributed by atoms with Crippen LogP contribution in [-0.2, 0) is 15.9 Å². The SMILES string of the molecule is COC(=O)c1c(-c2cc(Cc3ccccc3)ccc2O)nn(-c2ccccc2)c1C(=O)OC. The fraction of sp³-hybridized carbons (Fsp3) is 0.115. The molecule has 0 fully saturated rings. The Kier molecular flexibility index (Phi) is 6.22. The van der Waals surface area contributed by atoms with Gasteiger partial charge < -0.3 is 14.6 Å². The minimum atomic E-state index is -0.763. The molecule has 3 aromatic carbocycles. The number of rotatable bonds is 6. The maximum atomic E-state index is 12.8. The van der Waals surface area contributed by atoms with Crippen LogP contribution in [0.2, 0.25) is 0 Å². The number of ether oxygens (including phenoxy) is 2. The molecule has 0 bridgehead atoms. The predicted octanol–water partition coefficient (Wildman–Crippen LogP) is 4.41. The average molecular weight is 442 g/mol. The van der Waals surface area contributed by atoms with Crippen LogP contribution in [0.5, 0.6) is 5.75 Å². The summed E-state index contributed by atoms with van der Waals surface area (Å²) in [5, 5.41) is 15.2. The number of benzene rings is 3. The Bertz CT molecular complexity index is 1300. The lowest BCUT2D eigenvalue weighted by atomic mass is 9.98. The molecule has 0 unspecified atom stereocenters. The van der Waals surface area contributed by atoms with E-state index in [9.17, 15) is 14.7 Å². The fourth-order valence-corrected chi connectivity index (χ4v) is 3.66. The molecule has 0 radical (unpaired) electrons. The molecule has 0 aliphatic carbocycles. The Morgan fingerprint density at radius 1 is 0.848 bits per heavy atom. The van der Waals surface area contributed by atoms with E-state index in [1.54, 1.807) is 42.5 Å². The van der Waals surface area contributed by atoms with E-state index in [0.29, 0.717) is 17.7 Å². The molecule has 7 nitrogen and oxygen atoms in total. The second-order valence-electron chi connectivity index (χ2n) is 7.32. The summed E-state index contributed by atoms with van der Waals surface area (Å²) < 4.78 is 11.2. The third-order valence-electron chi connectivity index (χ3n) is 5.22. The third kappa shape index (κ3) is 4.34. The maximum absolute atomic E-state index is 12.8. The molecule has 0 amide bonds. The molecule has 33 heavy (non-hydrogen) atoms. The highest BCUT2D eigenvalue weighted by Gasteiger charge is 2.32. The number of hydrogen-bond acceptors (Lipinski definition) is 6. The molecule has 1 heterocycles. The summed E-state index contributed by atoms with van der Waals surface area (Å²) in [6.07, 6.45) is 0.616. The van der Waals surface area contributed by atoms with Crippen molar-refractivity contribution in [3.8, 4) is 22.7 Å². The van der Waals surface area contributed by atoms with E-state index in [0.717, 1.165) is 11.1 Å². The van der Waals surface area contributed by atoms with Crippen LogP contribution in [-0.4, -0.2) is 41.0 Å². The van der Waals surface area contributed by atoms with E-state index < -0.39 is 11.9 Å². The minimum Gasteiger partial charge on any atom is -0.507 e. The summed E-state index contributed by atoms with van der Waals surface area (Å²) in [6.45, 7) is 0. The number of phenolic OH excluding ortho intramolecular Hbond substituents is 1. The molecule has 0 saturated carbocycles. The number of para-hydroxylation sites is 1. The van der Waals surface area contributed by atoms with E-state index in [-0.39, 0.29) is 22.7 Å². The highest BCUT2D eigenvalue weighted by molar-refractivity contribution is 6.07. The summed E-state index contributed by atoms with van der Waals surface area (Å²) in [4.78, 5) is 25.5. The second-order valence-corrected chi connectivity index (χ2v) is 7.32. The van der Waals surface area contributed by atoms with Crippen molar-refractivity contribution in [3.63, 3.8) is 0 Å². The van der Waals surface area contributed by atoms with Gasteiger partial charge in [0.15, 0.2) is 5.69 Å². The zero-order chi connectivity index (χ0) is 23.4. The molecule has 0 spiro atoms. The van der Waals surface area contributed by atoms with Gasteiger partial charge in [0, 0.05) is 5.56 Å². The molecule has 0 atom stereocenters. The molecule has 1 aromatic heterocycles. The average Bonchev–Trinajstić information content (AvgIpc) is 3.26. The Morgan fingerprint density at radius 3 is 2.12 bits per heavy atom. The number of carbonyl (C=O) groups is 2. The molecular formula is C26H22N2O5. The normalized spacial score (nSPS) is 10.6. The third-order valence-corrected chi connectivity index (χ3v) is 5.22. The molecule has 0 aliphatic rings. The van der Waals surface area contributed by atoms with Gasteiger partial charge in [-0.1, -0.05) is 54.6 Å². The van der Waals surface area contributed by atoms with Crippen LogP contribution in [0.4, 0.5) is 0 Å². The number of hydrogen-bond donors (Lipinski definition) is 1. The molecule has 1 N–H and O–H groups in total.